The van der Waals surface area contributed by atoms with Gasteiger partial charge in [0.1, 0.15) is 5.82 Å². The molecule has 0 saturated carbocycles. The minimum atomic E-state index is -1.28. The summed E-state index contributed by atoms with van der Waals surface area (Å²) in [6.07, 6.45) is 1.22. The van der Waals surface area contributed by atoms with Crippen molar-refractivity contribution in [1.29, 1.82) is 0 Å². The Bertz CT molecular complexity index is 542. The van der Waals surface area contributed by atoms with Crippen LogP contribution in [0.3, 0.4) is 0 Å². The van der Waals surface area contributed by atoms with E-state index in [0.29, 0.717) is 24.5 Å². The molecule has 0 atom stereocenters. The molecular weight excluding hydrogens is 241 g/mol. The van der Waals surface area contributed by atoms with Gasteiger partial charge < -0.3 is 14.9 Å². The Hall–Kier alpha value is -2.28. The van der Waals surface area contributed by atoms with Gasteiger partial charge in [-0.05, 0) is 17.7 Å². The second-order valence-electron chi connectivity index (χ2n) is 3.57. The number of aromatic carboxylic acids is 1. The molecule has 18 heavy (non-hydrogen) atoms. The first-order valence-electron chi connectivity index (χ1n) is 5.14. The molecule has 0 aliphatic heterocycles. The highest BCUT2D eigenvalue weighted by Gasteiger charge is 2.10. The van der Waals surface area contributed by atoms with E-state index in [1.165, 1.54) is 18.5 Å². The lowest BCUT2D eigenvalue weighted by Crippen LogP contribution is -2.14. The molecule has 0 aliphatic carbocycles. The molecule has 0 aliphatic rings. The van der Waals surface area contributed by atoms with Crippen LogP contribution in [0.15, 0.2) is 29.1 Å². The zero-order chi connectivity index (χ0) is 13.0. The van der Waals surface area contributed by atoms with Crippen molar-refractivity contribution < 1.29 is 18.8 Å². The third kappa shape index (κ3) is 2.89. The smallest absolute Gasteiger partial charge is 0.338 e. The average molecular weight is 251 g/mol. The van der Waals surface area contributed by atoms with E-state index in [0.717, 1.165) is 0 Å². The van der Waals surface area contributed by atoms with Gasteiger partial charge >= 0.3 is 5.97 Å². The zero-order valence-corrected chi connectivity index (χ0v) is 9.26. The lowest BCUT2D eigenvalue weighted by atomic mass is 10.1. The van der Waals surface area contributed by atoms with Crippen molar-refractivity contribution in [3.05, 3.63) is 47.4 Å². The van der Waals surface area contributed by atoms with Crippen LogP contribution < -0.4 is 5.32 Å². The van der Waals surface area contributed by atoms with E-state index < -0.39 is 11.8 Å². The van der Waals surface area contributed by atoms with Gasteiger partial charge in [0, 0.05) is 6.54 Å². The van der Waals surface area contributed by atoms with Gasteiger partial charge in [-0.2, -0.15) is 4.98 Å². The predicted molar refractivity (Wildman–Crippen MR) is 58.2 cm³/mol. The fourth-order valence-electron chi connectivity index (χ4n) is 1.43. The lowest BCUT2D eigenvalue weighted by molar-refractivity contribution is 0.0692. The lowest BCUT2D eigenvalue weighted by Gasteiger charge is -2.04. The van der Waals surface area contributed by atoms with Crippen LogP contribution in [-0.2, 0) is 13.1 Å². The molecule has 0 radical (unpaired) electrons. The fraction of sp³-hybridized carbons (Fsp3) is 0.182. The van der Waals surface area contributed by atoms with Crippen LogP contribution in [0.2, 0.25) is 0 Å². The highest BCUT2D eigenvalue weighted by molar-refractivity contribution is 5.87. The number of carboxylic acid groups (broad SMARTS) is 1. The Morgan fingerprint density at radius 2 is 2.28 bits per heavy atom. The third-order valence-electron chi connectivity index (χ3n) is 2.28. The average Bonchev–Trinajstić information content (AvgIpc) is 2.81. The molecule has 1 aromatic heterocycles. The number of hydrogen-bond donors (Lipinski definition) is 2. The van der Waals surface area contributed by atoms with Crippen LogP contribution in [0.4, 0.5) is 4.39 Å². The number of aromatic nitrogens is 2. The molecule has 1 aromatic carbocycles. The van der Waals surface area contributed by atoms with Gasteiger partial charge in [0.2, 0.25) is 6.39 Å². The van der Waals surface area contributed by atoms with Gasteiger partial charge in [-0.15, -0.1) is 0 Å². The maximum Gasteiger partial charge on any atom is 0.338 e. The van der Waals surface area contributed by atoms with Gasteiger partial charge in [-0.3, -0.25) is 0 Å². The molecule has 0 fully saturated rings. The number of benzene rings is 1. The van der Waals surface area contributed by atoms with Crippen molar-refractivity contribution in [2.45, 2.75) is 13.1 Å². The Morgan fingerprint density at radius 1 is 1.44 bits per heavy atom. The van der Waals surface area contributed by atoms with Gasteiger partial charge in [0.25, 0.3) is 0 Å². The molecule has 0 spiro atoms. The molecular formula is C11H10FN3O3. The standard InChI is InChI=1S/C11H10FN3O3/c12-9-3-7(1-2-8(9)11(16)17)4-13-5-10-14-6-18-15-10/h1-3,6,13H,4-5H2,(H,16,17). The molecule has 2 rings (SSSR count). The number of rotatable bonds is 5. The Balaban J connectivity index is 1.94. The molecule has 1 heterocycles. The van der Waals surface area contributed by atoms with Crippen molar-refractivity contribution in [1.82, 2.24) is 15.5 Å². The highest BCUT2D eigenvalue weighted by atomic mass is 19.1. The second kappa shape index (κ2) is 5.37. The van der Waals surface area contributed by atoms with E-state index in [1.54, 1.807) is 6.07 Å². The molecule has 94 valence electrons. The fourth-order valence-corrected chi connectivity index (χ4v) is 1.43. The minimum Gasteiger partial charge on any atom is -0.478 e. The van der Waals surface area contributed by atoms with Gasteiger partial charge in [0.15, 0.2) is 5.82 Å². The summed E-state index contributed by atoms with van der Waals surface area (Å²) in [7, 11) is 0. The van der Waals surface area contributed by atoms with Crippen molar-refractivity contribution in [2.75, 3.05) is 0 Å². The Morgan fingerprint density at radius 3 is 2.89 bits per heavy atom. The summed E-state index contributed by atoms with van der Waals surface area (Å²) in [4.78, 5) is 14.4. The van der Waals surface area contributed by atoms with Crippen LogP contribution >= 0.6 is 0 Å². The van der Waals surface area contributed by atoms with E-state index in [9.17, 15) is 9.18 Å². The molecule has 0 unspecified atom stereocenters. The van der Waals surface area contributed by atoms with Crippen molar-refractivity contribution in [3.63, 3.8) is 0 Å². The summed E-state index contributed by atoms with van der Waals surface area (Å²) >= 11 is 0. The number of carboxylic acids is 1. The zero-order valence-electron chi connectivity index (χ0n) is 9.26. The van der Waals surface area contributed by atoms with E-state index in [-0.39, 0.29) is 5.56 Å². The maximum absolute atomic E-state index is 13.4. The van der Waals surface area contributed by atoms with E-state index in [4.69, 9.17) is 5.11 Å². The second-order valence-corrected chi connectivity index (χ2v) is 3.57. The number of hydrogen-bond acceptors (Lipinski definition) is 5. The normalized spacial score (nSPS) is 10.5. The van der Waals surface area contributed by atoms with Crippen LogP contribution in [0.1, 0.15) is 21.7 Å². The summed E-state index contributed by atoms with van der Waals surface area (Å²) in [6, 6.07) is 3.98. The van der Waals surface area contributed by atoms with Gasteiger partial charge in [-0.25, -0.2) is 9.18 Å². The van der Waals surface area contributed by atoms with Crippen molar-refractivity contribution >= 4 is 5.97 Å². The first-order chi connectivity index (χ1) is 8.66. The maximum atomic E-state index is 13.4. The number of carbonyl (C=O) groups is 1. The number of nitrogens with one attached hydrogen (secondary N) is 1. The molecule has 0 saturated heterocycles. The molecule has 2 aromatic rings. The minimum absolute atomic E-state index is 0.336. The van der Waals surface area contributed by atoms with Gasteiger partial charge in [0.05, 0.1) is 12.1 Å². The van der Waals surface area contributed by atoms with Crippen LogP contribution in [0.5, 0.6) is 0 Å². The summed E-state index contributed by atoms with van der Waals surface area (Å²) < 4.78 is 17.9. The van der Waals surface area contributed by atoms with Crippen molar-refractivity contribution in [3.8, 4) is 0 Å². The van der Waals surface area contributed by atoms with Crippen LogP contribution in [0, 0.1) is 5.82 Å². The summed E-state index contributed by atoms with van der Waals surface area (Å²) in [5.74, 6) is -1.53. The van der Waals surface area contributed by atoms with Gasteiger partial charge in [-0.1, -0.05) is 11.2 Å². The van der Waals surface area contributed by atoms with E-state index in [1.807, 2.05) is 0 Å². The van der Waals surface area contributed by atoms with Crippen LogP contribution in [-0.4, -0.2) is 21.2 Å². The molecule has 0 bridgehead atoms. The quantitative estimate of drug-likeness (QED) is 0.830. The molecule has 6 nitrogen and oxygen atoms in total. The third-order valence-corrected chi connectivity index (χ3v) is 2.28. The SMILES string of the molecule is O=C(O)c1ccc(CNCc2ncon2)cc1F. The molecule has 0 amide bonds. The number of nitrogens with zero attached hydrogens (tertiary/aromatic N) is 2. The largest absolute Gasteiger partial charge is 0.478 e. The first kappa shape index (κ1) is 12.2. The first-order valence-corrected chi connectivity index (χ1v) is 5.14. The molecule has 7 heteroatoms. The Kier molecular flexibility index (Phi) is 3.63. The monoisotopic (exact) mass is 251 g/mol. The summed E-state index contributed by atoms with van der Waals surface area (Å²) in [5, 5.41) is 15.3. The topological polar surface area (TPSA) is 88.2 Å². The van der Waals surface area contributed by atoms with Crippen LogP contribution in [0.25, 0.3) is 0 Å². The van der Waals surface area contributed by atoms with E-state index >= 15 is 0 Å². The summed E-state index contributed by atoms with van der Waals surface area (Å²) in [6.45, 7) is 0.768. The molecule has 2 N–H and O–H groups in total. The summed E-state index contributed by atoms with van der Waals surface area (Å²) in [5.41, 5.74) is 0.304. The number of halogens is 1. The Labute approximate surface area is 101 Å². The predicted octanol–water partition coefficient (Wildman–Crippen LogP) is 1.20. The van der Waals surface area contributed by atoms with Crippen molar-refractivity contribution in [2.24, 2.45) is 0 Å². The van der Waals surface area contributed by atoms with E-state index in [2.05, 4.69) is 20.0 Å². The highest BCUT2D eigenvalue weighted by Crippen LogP contribution is 2.10.